The summed E-state index contributed by atoms with van der Waals surface area (Å²) in [5, 5.41) is 9.75. The van der Waals surface area contributed by atoms with E-state index in [2.05, 4.69) is 17.1 Å². The number of benzene rings is 3. The summed E-state index contributed by atoms with van der Waals surface area (Å²) in [5.74, 6) is -0.341. The highest BCUT2D eigenvalue weighted by atomic mass is 35.5. The van der Waals surface area contributed by atoms with Gasteiger partial charge in [0.15, 0.2) is 5.78 Å². The van der Waals surface area contributed by atoms with E-state index in [0.717, 1.165) is 11.3 Å². The topological polar surface area (TPSA) is 85.7 Å². The number of thioether (sulfide) groups is 1. The van der Waals surface area contributed by atoms with Gasteiger partial charge in [-0.3, -0.25) is 14.6 Å². The minimum Gasteiger partial charge on any atom is -0.493 e. The summed E-state index contributed by atoms with van der Waals surface area (Å²) in [6.07, 6.45) is 2.60. The molecule has 3 aromatic carbocycles. The molecule has 1 N–H and O–H groups in total. The first-order chi connectivity index (χ1) is 18.4. The van der Waals surface area contributed by atoms with E-state index >= 15 is 0 Å². The van der Waals surface area contributed by atoms with Crippen LogP contribution >= 0.6 is 23.4 Å². The molecule has 1 aliphatic heterocycles. The van der Waals surface area contributed by atoms with Gasteiger partial charge < -0.3 is 14.6 Å². The molecular formula is C30H24ClNO5S. The molecule has 0 bridgehead atoms. The van der Waals surface area contributed by atoms with Crippen molar-refractivity contribution in [2.45, 2.75) is 23.7 Å². The van der Waals surface area contributed by atoms with Crippen LogP contribution in [0.5, 0.6) is 17.2 Å². The summed E-state index contributed by atoms with van der Waals surface area (Å²) in [6.45, 7) is 0.309. The number of carbonyl (C=O) groups excluding carboxylic acids is 1. The first kappa shape index (κ1) is 25.8. The number of rotatable bonds is 8. The molecule has 0 saturated heterocycles. The van der Waals surface area contributed by atoms with Crippen molar-refractivity contribution in [2.24, 2.45) is 0 Å². The maximum atomic E-state index is 12.9. The van der Waals surface area contributed by atoms with Crippen molar-refractivity contribution < 1.29 is 24.2 Å². The molecule has 4 aromatic rings. The zero-order chi connectivity index (χ0) is 26.6. The van der Waals surface area contributed by atoms with E-state index in [0.29, 0.717) is 47.1 Å². The lowest BCUT2D eigenvalue weighted by atomic mass is 9.93. The number of aliphatic carboxylic acids is 1. The highest BCUT2D eigenvalue weighted by molar-refractivity contribution is 7.98. The van der Waals surface area contributed by atoms with Crippen molar-refractivity contribution in [1.82, 2.24) is 4.98 Å². The molecule has 0 radical (unpaired) electrons. The fourth-order valence-corrected chi connectivity index (χ4v) is 4.95. The van der Waals surface area contributed by atoms with Crippen molar-refractivity contribution in [3.8, 4) is 28.5 Å². The number of nitrogens with zero attached hydrogens (tertiary/aromatic N) is 1. The first-order valence-electron chi connectivity index (χ1n) is 12.0. The number of aromatic nitrogens is 1. The van der Waals surface area contributed by atoms with Gasteiger partial charge in [-0.2, -0.15) is 0 Å². The van der Waals surface area contributed by atoms with Crippen LogP contribution in [0.3, 0.4) is 0 Å². The SMILES string of the molecule is CSc1ccc(-c2cccc(CC(=O)c3ccc(Oc4cc5c(cc4Cl)C(C(=O)O)CCO5)cc3)n2)cc1. The van der Waals surface area contributed by atoms with E-state index in [9.17, 15) is 14.7 Å². The van der Waals surface area contributed by atoms with Crippen molar-refractivity contribution in [2.75, 3.05) is 12.9 Å². The van der Waals surface area contributed by atoms with Gasteiger partial charge in [-0.25, -0.2) is 0 Å². The lowest BCUT2D eigenvalue weighted by Gasteiger charge is -2.24. The van der Waals surface area contributed by atoms with Crippen LogP contribution in [0.1, 0.15) is 34.0 Å². The Morgan fingerprint density at radius 3 is 2.55 bits per heavy atom. The Labute approximate surface area is 229 Å². The first-order valence-corrected chi connectivity index (χ1v) is 13.6. The Kier molecular flexibility index (Phi) is 7.67. The third-order valence-electron chi connectivity index (χ3n) is 6.34. The standard InChI is InChI=1S/C30H24ClNO5S/c1-38-22-11-7-18(8-12-22)26-4-2-3-20(32-26)15-27(33)19-5-9-21(10-6-19)37-29-17-28-24(16-25(29)31)23(30(34)35)13-14-36-28/h2-12,16-17,23H,13-15H2,1H3,(H,34,35). The molecule has 1 atom stereocenters. The van der Waals surface area contributed by atoms with Gasteiger partial charge in [-0.15, -0.1) is 11.8 Å². The number of hydrogen-bond acceptors (Lipinski definition) is 6. The summed E-state index contributed by atoms with van der Waals surface area (Å²) in [6, 6.07) is 23.9. The van der Waals surface area contributed by atoms with Crippen molar-refractivity contribution >= 4 is 35.1 Å². The average Bonchev–Trinajstić information content (AvgIpc) is 2.93. The summed E-state index contributed by atoms with van der Waals surface area (Å²) in [4.78, 5) is 30.4. The monoisotopic (exact) mass is 545 g/mol. The molecule has 8 heteroatoms. The van der Waals surface area contributed by atoms with E-state index in [1.807, 2.05) is 36.6 Å². The second-order valence-electron chi connectivity index (χ2n) is 8.82. The number of carboxylic acid groups (broad SMARTS) is 1. The highest BCUT2D eigenvalue weighted by Gasteiger charge is 2.29. The van der Waals surface area contributed by atoms with Gasteiger partial charge in [-0.05, 0) is 67.3 Å². The van der Waals surface area contributed by atoms with Gasteiger partial charge in [0.25, 0.3) is 0 Å². The van der Waals surface area contributed by atoms with Crippen LogP contribution in [-0.4, -0.2) is 34.7 Å². The Bertz CT molecular complexity index is 1490. The molecule has 0 amide bonds. The number of Topliss-reactive ketones (excluding diaryl/α,β-unsaturated/α-hetero) is 1. The van der Waals surface area contributed by atoms with Crippen LogP contribution in [0.15, 0.2) is 83.8 Å². The summed E-state index contributed by atoms with van der Waals surface area (Å²) in [5.41, 5.74) is 3.60. The van der Waals surface area contributed by atoms with E-state index in [1.165, 1.54) is 4.90 Å². The number of ether oxygens (including phenoxy) is 2. The van der Waals surface area contributed by atoms with Gasteiger partial charge in [0, 0.05) is 33.3 Å². The van der Waals surface area contributed by atoms with E-state index < -0.39 is 11.9 Å². The molecule has 0 fully saturated rings. The summed E-state index contributed by atoms with van der Waals surface area (Å²) in [7, 11) is 0. The molecule has 0 aliphatic carbocycles. The minimum absolute atomic E-state index is 0.0566. The number of hydrogen-bond donors (Lipinski definition) is 1. The average molecular weight is 546 g/mol. The molecule has 6 nitrogen and oxygen atoms in total. The Morgan fingerprint density at radius 1 is 1.08 bits per heavy atom. The van der Waals surface area contributed by atoms with Crippen LogP contribution < -0.4 is 9.47 Å². The molecule has 1 aliphatic rings. The normalized spacial score (nSPS) is 14.3. The summed E-state index contributed by atoms with van der Waals surface area (Å²) < 4.78 is 11.6. The molecular weight excluding hydrogens is 522 g/mol. The second-order valence-corrected chi connectivity index (χ2v) is 10.1. The third-order valence-corrected chi connectivity index (χ3v) is 7.38. The molecule has 1 aromatic heterocycles. The molecule has 0 saturated carbocycles. The second kappa shape index (κ2) is 11.3. The fourth-order valence-electron chi connectivity index (χ4n) is 4.33. The zero-order valence-corrected chi connectivity index (χ0v) is 22.1. The van der Waals surface area contributed by atoms with E-state index in [-0.39, 0.29) is 17.2 Å². The van der Waals surface area contributed by atoms with Crippen LogP contribution in [0, 0.1) is 0 Å². The molecule has 2 heterocycles. The van der Waals surface area contributed by atoms with Crippen molar-refractivity contribution in [1.29, 1.82) is 0 Å². The number of fused-ring (bicyclic) bond motifs is 1. The number of ketones is 1. The minimum atomic E-state index is -0.911. The van der Waals surface area contributed by atoms with Gasteiger partial charge in [0.2, 0.25) is 0 Å². The Balaban J connectivity index is 1.27. The molecule has 5 rings (SSSR count). The lowest BCUT2D eigenvalue weighted by Crippen LogP contribution is -2.20. The van der Waals surface area contributed by atoms with E-state index in [4.69, 9.17) is 21.1 Å². The van der Waals surface area contributed by atoms with Crippen molar-refractivity contribution in [3.63, 3.8) is 0 Å². The quantitative estimate of drug-likeness (QED) is 0.184. The maximum absolute atomic E-state index is 12.9. The highest BCUT2D eigenvalue weighted by Crippen LogP contribution is 2.41. The number of pyridine rings is 1. The van der Waals surface area contributed by atoms with Gasteiger partial charge >= 0.3 is 5.97 Å². The predicted octanol–water partition coefficient (Wildman–Crippen LogP) is 7.29. The number of halogens is 1. The van der Waals surface area contributed by atoms with Crippen molar-refractivity contribution in [3.05, 3.63) is 101 Å². The fraction of sp³-hybridized carbons (Fsp3) is 0.167. The maximum Gasteiger partial charge on any atom is 0.311 e. The molecule has 1 unspecified atom stereocenters. The molecule has 38 heavy (non-hydrogen) atoms. The van der Waals surface area contributed by atoms with Gasteiger partial charge in [-0.1, -0.05) is 29.8 Å². The zero-order valence-electron chi connectivity index (χ0n) is 20.5. The van der Waals surface area contributed by atoms with Crippen LogP contribution in [0.4, 0.5) is 0 Å². The summed E-state index contributed by atoms with van der Waals surface area (Å²) >= 11 is 8.07. The van der Waals surface area contributed by atoms with Crippen LogP contribution in [-0.2, 0) is 11.2 Å². The molecule has 0 spiro atoms. The predicted molar refractivity (Wildman–Crippen MR) is 148 cm³/mol. The lowest BCUT2D eigenvalue weighted by molar-refractivity contribution is -0.139. The largest absolute Gasteiger partial charge is 0.493 e. The van der Waals surface area contributed by atoms with Gasteiger partial charge in [0.05, 0.1) is 29.7 Å². The Hall–Kier alpha value is -3.81. The molecule has 192 valence electrons. The number of carboxylic acids is 1. The van der Waals surface area contributed by atoms with Gasteiger partial charge in [0.1, 0.15) is 17.2 Å². The van der Waals surface area contributed by atoms with Crippen LogP contribution in [0.25, 0.3) is 11.3 Å². The third kappa shape index (κ3) is 5.69. The Morgan fingerprint density at radius 2 is 1.84 bits per heavy atom. The van der Waals surface area contributed by atoms with Crippen LogP contribution in [0.2, 0.25) is 5.02 Å². The van der Waals surface area contributed by atoms with E-state index in [1.54, 1.807) is 48.2 Å². The number of carbonyl (C=O) groups is 2. The smallest absolute Gasteiger partial charge is 0.311 e.